The first-order chi connectivity index (χ1) is 14.2. The minimum Gasteiger partial charge on any atom is -0.478 e. The summed E-state index contributed by atoms with van der Waals surface area (Å²) in [4.78, 5) is 17.3. The number of pyridine rings is 1. The Bertz CT molecular complexity index is 921. The first-order valence-electron chi connectivity index (χ1n) is 10.1. The van der Waals surface area contributed by atoms with Crippen LogP contribution in [-0.4, -0.2) is 24.2 Å². The number of hydrogen-bond acceptors (Lipinski definition) is 5. The second-order valence-corrected chi connectivity index (χ2v) is 7.81. The number of ether oxygens (including phenoxy) is 2. The molecule has 0 amide bonds. The molecule has 0 radical (unpaired) electrons. The van der Waals surface area contributed by atoms with E-state index in [-0.39, 0.29) is 5.97 Å². The highest BCUT2D eigenvalue weighted by atomic mass is 32.1. The van der Waals surface area contributed by atoms with E-state index < -0.39 is 0 Å². The Labute approximate surface area is 176 Å². The molecule has 0 saturated heterocycles. The Morgan fingerprint density at radius 1 is 1.03 bits per heavy atom. The molecule has 0 saturated carbocycles. The van der Waals surface area contributed by atoms with Crippen molar-refractivity contribution in [2.24, 2.45) is 0 Å². The number of benzene rings is 1. The van der Waals surface area contributed by atoms with Gasteiger partial charge in [0.15, 0.2) is 0 Å². The van der Waals surface area contributed by atoms with E-state index >= 15 is 0 Å². The van der Waals surface area contributed by atoms with E-state index in [9.17, 15) is 4.79 Å². The van der Waals surface area contributed by atoms with E-state index in [1.54, 1.807) is 11.3 Å². The molecule has 3 rings (SSSR count). The lowest BCUT2D eigenvalue weighted by atomic mass is 10.1. The molecule has 152 valence electrons. The molecule has 0 atom stereocenters. The van der Waals surface area contributed by atoms with Gasteiger partial charge in [-0.2, -0.15) is 0 Å². The molecule has 0 aliphatic carbocycles. The highest BCUT2D eigenvalue weighted by Gasteiger charge is 2.09. The fraction of sp³-hybridized carbons (Fsp3) is 0.333. The summed E-state index contributed by atoms with van der Waals surface area (Å²) in [6.07, 6.45) is 3.09. The number of unbranched alkanes of at least 4 members (excludes halogenated alkanes) is 2. The molecule has 0 fully saturated rings. The summed E-state index contributed by atoms with van der Waals surface area (Å²) >= 11 is 1.73. The lowest BCUT2D eigenvalue weighted by molar-refractivity contribution is -0.143. The maximum absolute atomic E-state index is 11.4. The normalized spacial score (nSPS) is 10.7. The zero-order valence-corrected chi connectivity index (χ0v) is 17.8. The molecule has 0 aliphatic heterocycles. The maximum atomic E-state index is 11.4. The molecule has 0 bridgehead atoms. The van der Waals surface area contributed by atoms with Crippen LogP contribution in [0.15, 0.2) is 53.9 Å². The lowest BCUT2D eigenvalue weighted by Crippen LogP contribution is -2.04. The van der Waals surface area contributed by atoms with Gasteiger partial charge in [0.1, 0.15) is 0 Å². The van der Waals surface area contributed by atoms with Crippen LogP contribution in [0.3, 0.4) is 0 Å². The van der Waals surface area contributed by atoms with Crippen LogP contribution in [0, 0.1) is 6.92 Å². The van der Waals surface area contributed by atoms with Gasteiger partial charge in [0.25, 0.3) is 0 Å². The molecule has 0 aliphatic rings. The summed E-state index contributed by atoms with van der Waals surface area (Å²) < 4.78 is 10.9. The lowest BCUT2D eigenvalue weighted by Gasteiger charge is -2.10. The van der Waals surface area contributed by atoms with Crippen LogP contribution in [-0.2, 0) is 9.53 Å². The third-order valence-corrected chi connectivity index (χ3v) is 5.56. The maximum Gasteiger partial charge on any atom is 0.305 e. The van der Waals surface area contributed by atoms with Crippen LogP contribution in [0.5, 0.6) is 5.88 Å². The van der Waals surface area contributed by atoms with Crippen molar-refractivity contribution in [2.45, 2.75) is 39.5 Å². The zero-order valence-electron chi connectivity index (χ0n) is 17.0. The van der Waals surface area contributed by atoms with Crippen molar-refractivity contribution in [3.63, 3.8) is 0 Å². The van der Waals surface area contributed by atoms with E-state index in [0.29, 0.717) is 25.5 Å². The van der Waals surface area contributed by atoms with Gasteiger partial charge in [-0.25, -0.2) is 4.98 Å². The third-order valence-electron chi connectivity index (χ3n) is 4.47. The summed E-state index contributed by atoms with van der Waals surface area (Å²) in [7, 11) is 0. The van der Waals surface area contributed by atoms with Crippen LogP contribution in [0.2, 0.25) is 0 Å². The number of carbonyl (C=O) groups is 1. The fourth-order valence-corrected chi connectivity index (χ4v) is 3.91. The summed E-state index contributed by atoms with van der Waals surface area (Å²) in [5.41, 5.74) is 4.36. The molecule has 0 N–H and O–H groups in total. The molecule has 5 heteroatoms. The Morgan fingerprint density at radius 3 is 2.59 bits per heavy atom. The van der Waals surface area contributed by atoms with Crippen LogP contribution in [0.4, 0.5) is 0 Å². The van der Waals surface area contributed by atoms with Crippen LogP contribution < -0.4 is 4.74 Å². The molecule has 4 nitrogen and oxygen atoms in total. The average Bonchev–Trinajstić information content (AvgIpc) is 3.18. The van der Waals surface area contributed by atoms with Crippen molar-refractivity contribution in [2.75, 3.05) is 13.2 Å². The monoisotopic (exact) mass is 409 g/mol. The molecule has 29 heavy (non-hydrogen) atoms. The van der Waals surface area contributed by atoms with Crippen molar-refractivity contribution in [1.82, 2.24) is 4.98 Å². The first kappa shape index (κ1) is 21.1. The average molecular weight is 410 g/mol. The van der Waals surface area contributed by atoms with Gasteiger partial charge < -0.3 is 9.47 Å². The Kier molecular flexibility index (Phi) is 7.82. The second-order valence-electron chi connectivity index (χ2n) is 6.90. The number of thiophene rings is 1. The van der Waals surface area contributed by atoms with Crippen molar-refractivity contribution < 1.29 is 14.3 Å². The van der Waals surface area contributed by atoms with E-state index in [0.717, 1.165) is 36.1 Å². The van der Waals surface area contributed by atoms with Crippen LogP contribution in [0.25, 0.3) is 21.7 Å². The van der Waals surface area contributed by atoms with Gasteiger partial charge in [-0.15, -0.1) is 11.3 Å². The Hall–Kier alpha value is -2.66. The van der Waals surface area contributed by atoms with Gasteiger partial charge in [0, 0.05) is 22.9 Å². The number of carbonyl (C=O) groups excluding carboxylic acids is 1. The minimum absolute atomic E-state index is 0.124. The van der Waals surface area contributed by atoms with Gasteiger partial charge >= 0.3 is 5.97 Å². The molecule has 0 spiro atoms. The van der Waals surface area contributed by atoms with E-state index in [1.165, 1.54) is 10.4 Å². The van der Waals surface area contributed by atoms with Gasteiger partial charge in [0.05, 0.1) is 18.9 Å². The molecule has 1 aromatic carbocycles. The Morgan fingerprint density at radius 2 is 1.86 bits per heavy atom. The molecule has 3 aromatic rings. The zero-order chi connectivity index (χ0) is 20.5. The number of esters is 1. The summed E-state index contributed by atoms with van der Waals surface area (Å²) in [6.45, 7) is 4.95. The number of hydrogen-bond donors (Lipinski definition) is 0. The van der Waals surface area contributed by atoms with Gasteiger partial charge in [-0.1, -0.05) is 30.3 Å². The standard InChI is InChI=1S/C24H27NO3S/c1-3-27-24(26)12-8-5-9-13-28-23-16-20(22-14-18(2)17-29-22)15-21(25-23)19-10-6-4-7-11-19/h4,6-7,10-11,14-17H,3,5,8-9,12-13H2,1-2H3. The van der Waals surface area contributed by atoms with Crippen molar-refractivity contribution >= 4 is 17.3 Å². The Balaban J connectivity index is 1.65. The molecule has 2 heterocycles. The van der Waals surface area contributed by atoms with E-state index in [2.05, 4.69) is 36.6 Å². The van der Waals surface area contributed by atoms with Gasteiger partial charge in [-0.05, 0) is 61.7 Å². The number of aryl methyl sites for hydroxylation is 1. The highest BCUT2D eigenvalue weighted by molar-refractivity contribution is 7.13. The predicted molar refractivity (Wildman–Crippen MR) is 118 cm³/mol. The van der Waals surface area contributed by atoms with Gasteiger partial charge in [0.2, 0.25) is 5.88 Å². The second kappa shape index (κ2) is 10.8. The molecule has 2 aromatic heterocycles. The first-order valence-corrected chi connectivity index (χ1v) is 10.9. The SMILES string of the molecule is CCOC(=O)CCCCCOc1cc(-c2cc(C)cs2)cc(-c2ccccc2)n1. The smallest absolute Gasteiger partial charge is 0.305 e. The summed E-state index contributed by atoms with van der Waals surface area (Å²) in [5, 5.41) is 2.15. The number of rotatable bonds is 10. The van der Waals surface area contributed by atoms with E-state index in [1.807, 2.05) is 31.2 Å². The van der Waals surface area contributed by atoms with Gasteiger partial charge in [-0.3, -0.25) is 4.79 Å². The minimum atomic E-state index is -0.124. The largest absolute Gasteiger partial charge is 0.478 e. The predicted octanol–water partition coefficient (Wildman–Crippen LogP) is 6.29. The van der Waals surface area contributed by atoms with Crippen LogP contribution >= 0.6 is 11.3 Å². The number of aromatic nitrogens is 1. The van der Waals surface area contributed by atoms with Crippen molar-refractivity contribution in [3.8, 4) is 27.6 Å². The van der Waals surface area contributed by atoms with Crippen molar-refractivity contribution in [1.29, 1.82) is 0 Å². The summed E-state index contributed by atoms with van der Waals surface area (Å²) in [6, 6.07) is 16.5. The van der Waals surface area contributed by atoms with Crippen molar-refractivity contribution in [3.05, 3.63) is 59.5 Å². The quantitative estimate of drug-likeness (QED) is 0.292. The van der Waals surface area contributed by atoms with E-state index in [4.69, 9.17) is 14.5 Å². The fourth-order valence-electron chi connectivity index (χ4n) is 3.02. The third kappa shape index (κ3) is 6.43. The molecular formula is C24H27NO3S. The molecule has 0 unspecified atom stereocenters. The van der Waals surface area contributed by atoms with Crippen LogP contribution in [0.1, 0.15) is 38.2 Å². The number of nitrogens with zero attached hydrogens (tertiary/aromatic N) is 1. The summed E-state index contributed by atoms with van der Waals surface area (Å²) in [5.74, 6) is 0.513. The highest BCUT2D eigenvalue weighted by Crippen LogP contribution is 2.32. The molecular weight excluding hydrogens is 382 g/mol. The topological polar surface area (TPSA) is 48.4 Å².